The number of hydrogen-bond donors (Lipinski definition) is 0. The van der Waals surface area contributed by atoms with Crippen molar-refractivity contribution in [1.29, 1.82) is 0 Å². The second-order valence-corrected chi connectivity index (χ2v) is 2.97. The molecule has 0 saturated carbocycles. The maximum Gasteiger partial charge on any atom is 0.136 e. The maximum atomic E-state index is 4.37. The summed E-state index contributed by atoms with van der Waals surface area (Å²) in [5.74, 6) is 1.30. The Morgan fingerprint density at radius 1 is 1.19 bits per heavy atom. The van der Waals surface area contributed by atoms with Gasteiger partial charge in [-0.05, 0) is 12.0 Å². The highest BCUT2D eigenvalue weighted by Crippen LogP contribution is 2.14. The predicted molar refractivity (Wildman–Crippen MR) is 75.5 cm³/mol. The zero-order valence-corrected chi connectivity index (χ0v) is 11.6. The minimum Gasteiger partial charge on any atom is -0.307 e. The van der Waals surface area contributed by atoms with E-state index in [0.717, 1.165) is 11.5 Å². The van der Waals surface area contributed by atoms with Crippen molar-refractivity contribution >= 4 is 12.3 Å². The topological polar surface area (TPSA) is 17.8 Å². The molecule has 0 spiro atoms. The molecule has 0 N–H and O–H groups in total. The molecule has 0 atom stereocenters. The lowest BCUT2D eigenvalue weighted by molar-refractivity contribution is 0.831. The lowest BCUT2D eigenvalue weighted by atomic mass is 10.2. The molecule has 2 heteroatoms. The SMILES string of the molecule is C=Cc1nc(C(C)C)cn1C=C.CC.CC. The predicted octanol–water partition coefficient (Wildman–Crippen LogP) is 4.80. The summed E-state index contributed by atoms with van der Waals surface area (Å²) in [6.45, 7) is 19.6. The Morgan fingerprint density at radius 3 is 1.94 bits per heavy atom. The van der Waals surface area contributed by atoms with Crippen LogP contribution in [0.25, 0.3) is 12.3 Å². The molecule has 0 fully saturated rings. The van der Waals surface area contributed by atoms with Crippen LogP contribution < -0.4 is 0 Å². The lowest BCUT2D eigenvalue weighted by Gasteiger charge is -1.95. The third-order valence-corrected chi connectivity index (χ3v) is 1.75. The Labute approximate surface area is 101 Å². The average molecular weight is 222 g/mol. The Morgan fingerprint density at radius 2 is 1.69 bits per heavy atom. The van der Waals surface area contributed by atoms with Crippen molar-refractivity contribution < 1.29 is 0 Å². The first-order chi connectivity index (χ1) is 7.69. The molecule has 0 aliphatic rings. The van der Waals surface area contributed by atoms with E-state index in [1.165, 1.54) is 0 Å². The van der Waals surface area contributed by atoms with Crippen LogP contribution in [0.2, 0.25) is 0 Å². The van der Waals surface area contributed by atoms with Gasteiger partial charge in [-0.1, -0.05) is 54.7 Å². The van der Waals surface area contributed by atoms with Gasteiger partial charge in [0.05, 0.1) is 5.69 Å². The first-order valence-electron chi connectivity index (χ1n) is 6.02. The Balaban J connectivity index is 0. The maximum absolute atomic E-state index is 4.37. The summed E-state index contributed by atoms with van der Waals surface area (Å²) in [7, 11) is 0. The molecule has 1 heterocycles. The highest BCUT2D eigenvalue weighted by Gasteiger charge is 2.05. The van der Waals surface area contributed by atoms with E-state index >= 15 is 0 Å². The molecule has 1 aromatic rings. The van der Waals surface area contributed by atoms with Gasteiger partial charge in [-0.3, -0.25) is 0 Å². The van der Waals surface area contributed by atoms with Crippen LogP contribution in [0.3, 0.4) is 0 Å². The number of rotatable bonds is 3. The van der Waals surface area contributed by atoms with Gasteiger partial charge in [0.2, 0.25) is 0 Å². The highest BCUT2D eigenvalue weighted by atomic mass is 15.1. The normalized spacial score (nSPS) is 8.44. The van der Waals surface area contributed by atoms with Gasteiger partial charge >= 0.3 is 0 Å². The fourth-order valence-corrected chi connectivity index (χ4v) is 1.00. The van der Waals surface area contributed by atoms with Crippen molar-refractivity contribution in [1.82, 2.24) is 9.55 Å². The fourth-order valence-electron chi connectivity index (χ4n) is 1.00. The van der Waals surface area contributed by atoms with E-state index in [4.69, 9.17) is 0 Å². The third-order valence-electron chi connectivity index (χ3n) is 1.75. The van der Waals surface area contributed by atoms with Gasteiger partial charge in [0.15, 0.2) is 0 Å². The van der Waals surface area contributed by atoms with Crippen LogP contribution in [-0.4, -0.2) is 9.55 Å². The molecule has 0 bridgehead atoms. The summed E-state index contributed by atoms with van der Waals surface area (Å²) in [6.07, 6.45) is 5.44. The third kappa shape index (κ3) is 4.96. The largest absolute Gasteiger partial charge is 0.307 e. The number of nitrogens with zero attached hydrogens (tertiary/aromatic N) is 2. The molecular formula is C14H26N2. The van der Waals surface area contributed by atoms with E-state index in [1.54, 1.807) is 12.3 Å². The molecule has 92 valence electrons. The summed E-state index contributed by atoms with van der Waals surface area (Å²) < 4.78 is 1.88. The number of aromatic nitrogens is 2. The fraction of sp³-hybridized carbons (Fsp3) is 0.500. The van der Waals surface area contributed by atoms with E-state index < -0.39 is 0 Å². The zero-order chi connectivity index (χ0) is 13.1. The monoisotopic (exact) mass is 222 g/mol. The molecule has 0 aromatic carbocycles. The Kier molecular flexibility index (Phi) is 10.9. The molecule has 1 aromatic heterocycles. The first-order valence-corrected chi connectivity index (χ1v) is 6.02. The highest BCUT2D eigenvalue weighted by molar-refractivity contribution is 5.43. The standard InChI is InChI=1S/C10H14N2.2C2H6/c1-5-10-11-9(8(3)4)7-12(10)6-2;2*1-2/h5-8H,1-2H2,3-4H3;2*1-2H3. The molecule has 2 nitrogen and oxygen atoms in total. The summed E-state index contributed by atoms with van der Waals surface area (Å²) in [5, 5.41) is 0. The molecule has 0 amide bonds. The van der Waals surface area contributed by atoms with Crippen molar-refractivity contribution in [2.24, 2.45) is 0 Å². The molecular weight excluding hydrogens is 196 g/mol. The second-order valence-electron chi connectivity index (χ2n) is 2.97. The van der Waals surface area contributed by atoms with E-state index in [1.807, 2.05) is 38.5 Å². The van der Waals surface area contributed by atoms with Crippen molar-refractivity contribution in [3.05, 3.63) is 30.9 Å². The molecule has 16 heavy (non-hydrogen) atoms. The quantitative estimate of drug-likeness (QED) is 0.718. The zero-order valence-electron chi connectivity index (χ0n) is 11.6. The lowest BCUT2D eigenvalue weighted by Crippen LogP contribution is -1.86. The van der Waals surface area contributed by atoms with Crippen molar-refractivity contribution in [2.75, 3.05) is 0 Å². The number of imidazole rings is 1. The molecule has 1 rings (SSSR count). The van der Waals surface area contributed by atoms with Gasteiger partial charge < -0.3 is 4.57 Å². The summed E-state index contributed by atoms with van der Waals surface area (Å²) in [4.78, 5) is 4.37. The minimum absolute atomic E-state index is 0.449. The van der Waals surface area contributed by atoms with Gasteiger partial charge in [0.1, 0.15) is 5.82 Å². The van der Waals surface area contributed by atoms with Crippen LogP contribution in [0.5, 0.6) is 0 Å². The van der Waals surface area contributed by atoms with E-state index in [2.05, 4.69) is 32.0 Å². The van der Waals surface area contributed by atoms with E-state index in [0.29, 0.717) is 5.92 Å². The van der Waals surface area contributed by atoms with Crippen LogP contribution in [0.15, 0.2) is 19.4 Å². The Bertz CT molecular complexity index is 270. The molecule has 0 aliphatic carbocycles. The second kappa shape index (κ2) is 10.2. The van der Waals surface area contributed by atoms with Gasteiger partial charge in [0.25, 0.3) is 0 Å². The smallest absolute Gasteiger partial charge is 0.136 e. The average Bonchev–Trinajstić information content (AvgIpc) is 2.77. The van der Waals surface area contributed by atoms with Gasteiger partial charge in [-0.25, -0.2) is 4.98 Å². The Hall–Kier alpha value is -1.31. The minimum atomic E-state index is 0.449. The van der Waals surface area contributed by atoms with Crippen LogP contribution >= 0.6 is 0 Å². The first kappa shape index (κ1) is 17.1. The van der Waals surface area contributed by atoms with Crippen LogP contribution in [0, 0.1) is 0 Å². The summed E-state index contributed by atoms with van der Waals surface area (Å²) >= 11 is 0. The van der Waals surface area contributed by atoms with Crippen molar-refractivity contribution in [3.63, 3.8) is 0 Å². The van der Waals surface area contributed by atoms with Crippen molar-refractivity contribution in [2.45, 2.75) is 47.5 Å². The van der Waals surface area contributed by atoms with Crippen LogP contribution in [0.4, 0.5) is 0 Å². The summed E-state index contributed by atoms with van der Waals surface area (Å²) in [5.41, 5.74) is 1.07. The molecule has 0 radical (unpaired) electrons. The molecule has 0 unspecified atom stereocenters. The van der Waals surface area contributed by atoms with Crippen molar-refractivity contribution in [3.8, 4) is 0 Å². The summed E-state index contributed by atoms with van der Waals surface area (Å²) in [6, 6.07) is 0. The van der Waals surface area contributed by atoms with Crippen LogP contribution in [0.1, 0.15) is 59.0 Å². The molecule has 0 saturated heterocycles. The van der Waals surface area contributed by atoms with Gasteiger partial charge in [0, 0.05) is 12.4 Å². The number of hydrogen-bond acceptors (Lipinski definition) is 1. The van der Waals surface area contributed by atoms with Gasteiger partial charge in [-0.15, -0.1) is 0 Å². The molecule has 0 aliphatic heterocycles. The van der Waals surface area contributed by atoms with E-state index in [9.17, 15) is 0 Å². The van der Waals surface area contributed by atoms with Gasteiger partial charge in [-0.2, -0.15) is 0 Å². The van der Waals surface area contributed by atoms with Crippen LogP contribution in [-0.2, 0) is 0 Å². The van der Waals surface area contributed by atoms with E-state index in [-0.39, 0.29) is 0 Å².